The predicted molar refractivity (Wildman–Crippen MR) is 106 cm³/mol. The fourth-order valence-electron chi connectivity index (χ4n) is 3.52. The maximum atomic E-state index is 12.7. The van der Waals surface area contributed by atoms with E-state index in [0.29, 0.717) is 12.1 Å². The summed E-state index contributed by atoms with van der Waals surface area (Å²) in [7, 11) is 1.63. The molecule has 1 aliphatic rings. The average Bonchev–Trinajstić information content (AvgIpc) is 3.49. The molecule has 0 saturated heterocycles. The molecule has 0 N–H and O–H groups in total. The highest BCUT2D eigenvalue weighted by Crippen LogP contribution is 2.29. The Bertz CT molecular complexity index is 850. The topological polar surface area (TPSA) is 60.8 Å². The minimum absolute atomic E-state index is 0.157. The summed E-state index contributed by atoms with van der Waals surface area (Å²) in [6.45, 7) is 6.96. The summed E-state index contributed by atoms with van der Waals surface area (Å²) < 4.78 is 12.6. The molecule has 150 valence electrons. The van der Waals surface area contributed by atoms with Gasteiger partial charge in [-0.25, -0.2) is 4.79 Å². The largest absolute Gasteiger partial charge is 0.497 e. The lowest BCUT2D eigenvalue weighted by molar-refractivity contribution is -0.135. The molecule has 0 atom stereocenters. The van der Waals surface area contributed by atoms with Gasteiger partial charge in [-0.15, -0.1) is 0 Å². The molecule has 0 radical (unpaired) electrons. The van der Waals surface area contributed by atoms with E-state index in [1.165, 1.54) is 0 Å². The SMILES string of the molecule is CCn1c(C)cc(C(=O)OCC(=O)N(Cc2ccc(OC)cc2)C2CC2)c1C. The van der Waals surface area contributed by atoms with Crippen molar-refractivity contribution in [3.05, 3.63) is 52.8 Å². The molecule has 0 bridgehead atoms. The number of carbonyl (C=O) groups excluding carboxylic acids is 2. The molecule has 1 aromatic heterocycles. The molecular weight excluding hydrogens is 356 g/mol. The van der Waals surface area contributed by atoms with Gasteiger partial charge >= 0.3 is 5.97 Å². The van der Waals surface area contributed by atoms with E-state index in [2.05, 4.69) is 4.57 Å². The first-order valence-corrected chi connectivity index (χ1v) is 9.70. The minimum atomic E-state index is -0.443. The van der Waals surface area contributed by atoms with Gasteiger partial charge in [0.1, 0.15) is 5.75 Å². The number of methoxy groups -OCH3 is 1. The highest BCUT2D eigenvalue weighted by molar-refractivity contribution is 5.92. The maximum absolute atomic E-state index is 12.7. The van der Waals surface area contributed by atoms with E-state index >= 15 is 0 Å². The number of amides is 1. The Labute approximate surface area is 166 Å². The average molecular weight is 384 g/mol. The Balaban J connectivity index is 1.62. The zero-order valence-corrected chi connectivity index (χ0v) is 17.0. The molecule has 1 aromatic carbocycles. The van der Waals surface area contributed by atoms with Gasteiger partial charge in [0.25, 0.3) is 5.91 Å². The van der Waals surface area contributed by atoms with Crippen LogP contribution >= 0.6 is 0 Å². The number of benzene rings is 1. The van der Waals surface area contributed by atoms with Gasteiger partial charge in [0.2, 0.25) is 0 Å². The van der Waals surface area contributed by atoms with Crippen LogP contribution in [0.3, 0.4) is 0 Å². The van der Waals surface area contributed by atoms with Gasteiger partial charge in [0.05, 0.1) is 12.7 Å². The zero-order valence-electron chi connectivity index (χ0n) is 17.0. The third-order valence-electron chi connectivity index (χ3n) is 5.26. The van der Waals surface area contributed by atoms with Crippen LogP contribution in [0.5, 0.6) is 5.75 Å². The van der Waals surface area contributed by atoms with E-state index in [0.717, 1.165) is 42.1 Å². The third kappa shape index (κ3) is 4.38. The second-order valence-corrected chi connectivity index (χ2v) is 7.21. The number of esters is 1. The van der Waals surface area contributed by atoms with Crippen molar-refractivity contribution in [1.29, 1.82) is 0 Å². The predicted octanol–water partition coefficient (Wildman–Crippen LogP) is 3.48. The van der Waals surface area contributed by atoms with E-state index in [4.69, 9.17) is 9.47 Å². The van der Waals surface area contributed by atoms with Crippen LogP contribution in [0.4, 0.5) is 0 Å². The van der Waals surface area contributed by atoms with Crippen LogP contribution in [0.15, 0.2) is 30.3 Å². The van der Waals surface area contributed by atoms with Crippen molar-refractivity contribution in [2.75, 3.05) is 13.7 Å². The smallest absolute Gasteiger partial charge is 0.340 e. The molecule has 0 spiro atoms. The van der Waals surface area contributed by atoms with Crippen LogP contribution in [0.2, 0.25) is 0 Å². The number of aromatic nitrogens is 1. The van der Waals surface area contributed by atoms with Gasteiger partial charge < -0.3 is 18.9 Å². The lowest BCUT2D eigenvalue weighted by Crippen LogP contribution is -2.36. The molecule has 28 heavy (non-hydrogen) atoms. The minimum Gasteiger partial charge on any atom is -0.497 e. The molecule has 3 rings (SSSR count). The second kappa shape index (κ2) is 8.50. The number of aryl methyl sites for hydroxylation is 1. The van der Waals surface area contributed by atoms with E-state index in [1.54, 1.807) is 7.11 Å². The molecule has 1 saturated carbocycles. The van der Waals surface area contributed by atoms with Gasteiger partial charge in [-0.1, -0.05) is 12.1 Å². The fourth-order valence-corrected chi connectivity index (χ4v) is 3.52. The van der Waals surface area contributed by atoms with Crippen LogP contribution < -0.4 is 4.74 Å². The lowest BCUT2D eigenvalue weighted by atomic mass is 10.2. The molecular formula is C22H28N2O4. The van der Waals surface area contributed by atoms with Crippen LogP contribution in [-0.2, 0) is 22.6 Å². The number of ether oxygens (including phenoxy) is 2. The summed E-state index contributed by atoms with van der Waals surface area (Å²) in [5.74, 6) is 0.184. The number of carbonyl (C=O) groups is 2. The number of nitrogens with zero attached hydrogens (tertiary/aromatic N) is 2. The monoisotopic (exact) mass is 384 g/mol. The fraction of sp³-hybridized carbons (Fsp3) is 0.455. The van der Waals surface area contributed by atoms with Crippen molar-refractivity contribution in [3.63, 3.8) is 0 Å². The van der Waals surface area contributed by atoms with E-state index in [9.17, 15) is 9.59 Å². The molecule has 0 aliphatic heterocycles. The first-order valence-electron chi connectivity index (χ1n) is 9.70. The highest BCUT2D eigenvalue weighted by Gasteiger charge is 2.33. The highest BCUT2D eigenvalue weighted by atomic mass is 16.5. The standard InChI is InChI=1S/C22H28N2O4/c1-5-23-15(2)12-20(16(23)3)22(26)28-14-21(25)24(18-8-9-18)13-17-6-10-19(27-4)11-7-17/h6-7,10-12,18H,5,8-9,13-14H2,1-4H3. The van der Waals surface area contributed by atoms with Crippen LogP contribution in [0.1, 0.15) is 47.1 Å². The van der Waals surface area contributed by atoms with Gasteiger partial charge in [-0.2, -0.15) is 0 Å². The Morgan fingerprint density at radius 3 is 2.39 bits per heavy atom. The summed E-state index contributed by atoms with van der Waals surface area (Å²) in [4.78, 5) is 27.0. The molecule has 1 aliphatic carbocycles. The normalized spacial score (nSPS) is 13.3. The second-order valence-electron chi connectivity index (χ2n) is 7.21. The first kappa shape index (κ1) is 20.0. The van der Waals surface area contributed by atoms with Crippen LogP contribution in [0.25, 0.3) is 0 Å². The maximum Gasteiger partial charge on any atom is 0.340 e. The van der Waals surface area contributed by atoms with Crippen molar-refractivity contribution < 1.29 is 19.1 Å². The Morgan fingerprint density at radius 1 is 1.18 bits per heavy atom. The lowest BCUT2D eigenvalue weighted by Gasteiger charge is -2.22. The third-order valence-corrected chi connectivity index (χ3v) is 5.26. The summed E-state index contributed by atoms with van der Waals surface area (Å²) in [6.07, 6.45) is 1.99. The molecule has 6 heteroatoms. The van der Waals surface area contributed by atoms with Gasteiger partial charge in [-0.3, -0.25) is 4.79 Å². The van der Waals surface area contributed by atoms with Gasteiger partial charge in [0.15, 0.2) is 6.61 Å². The van der Waals surface area contributed by atoms with E-state index in [-0.39, 0.29) is 18.6 Å². The zero-order chi connectivity index (χ0) is 20.3. The Hall–Kier alpha value is -2.76. The van der Waals surface area contributed by atoms with Crippen molar-refractivity contribution in [3.8, 4) is 5.75 Å². The number of rotatable bonds is 8. The quantitative estimate of drug-likeness (QED) is 0.654. The van der Waals surface area contributed by atoms with E-state index < -0.39 is 5.97 Å². The van der Waals surface area contributed by atoms with Crippen molar-refractivity contribution in [2.45, 2.75) is 52.7 Å². The summed E-state index contributed by atoms with van der Waals surface area (Å²) in [5, 5.41) is 0. The van der Waals surface area contributed by atoms with Crippen LogP contribution in [-0.4, -0.2) is 41.1 Å². The summed E-state index contributed by atoms with van der Waals surface area (Å²) >= 11 is 0. The van der Waals surface area contributed by atoms with Gasteiger partial charge in [0, 0.05) is 30.5 Å². The molecule has 1 amide bonds. The summed E-state index contributed by atoms with van der Waals surface area (Å²) in [5.41, 5.74) is 3.44. The molecule has 0 unspecified atom stereocenters. The van der Waals surface area contributed by atoms with E-state index in [1.807, 2.05) is 56.0 Å². The Morgan fingerprint density at radius 2 is 1.86 bits per heavy atom. The molecule has 1 heterocycles. The van der Waals surface area contributed by atoms with Crippen LogP contribution in [0, 0.1) is 13.8 Å². The Kier molecular flexibility index (Phi) is 6.07. The first-order chi connectivity index (χ1) is 13.4. The number of hydrogen-bond acceptors (Lipinski definition) is 4. The molecule has 1 fully saturated rings. The molecule has 6 nitrogen and oxygen atoms in total. The number of hydrogen-bond donors (Lipinski definition) is 0. The van der Waals surface area contributed by atoms with Gasteiger partial charge in [-0.05, 0) is 57.4 Å². The van der Waals surface area contributed by atoms with Crippen molar-refractivity contribution >= 4 is 11.9 Å². The van der Waals surface area contributed by atoms with Crippen molar-refractivity contribution in [2.24, 2.45) is 0 Å². The van der Waals surface area contributed by atoms with Crippen molar-refractivity contribution in [1.82, 2.24) is 9.47 Å². The summed E-state index contributed by atoms with van der Waals surface area (Å²) in [6, 6.07) is 9.73. The molecule has 2 aromatic rings.